The lowest BCUT2D eigenvalue weighted by Crippen LogP contribution is -2.49. The smallest absolute Gasteiger partial charge is 0.263 e. The van der Waals surface area contributed by atoms with E-state index >= 15 is 0 Å². The third-order valence-corrected chi connectivity index (χ3v) is 5.98. The largest absolute Gasteiger partial charge is 0.481 e. The monoisotopic (exact) mass is 437 g/mol. The number of carbonyl (C=O) groups excluding carboxylic acids is 2. The molecule has 1 unspecified atom stereocenters. The zero-order valence-corrected chi connectivity index (χ0v) is 19.8. The summed E-state index contributed by atoms with van der Waals surface area (Å²) in [6, 6.07) is 15.5. The molecule has 1 fully saturated rings. The first-order chi connectivity index (χ1) is 15.3. The standard InChI is InChI=1S/C26H35N3O3/c1-18(2)23-8-6-7-9-24(23)32-19(3)26(31)29-16-14-21(15-17-29)27-25(30)20-10-12-22(13-11-20)28(4)5/h6-13,18-19,21H,14-17H2,1-5H3,(H,27,30). The van der Waals surface area contributed by atoms with Crippen molar-refractivity contribution in [3.63, 3.8) is 0 Å². The Morgan fingerprint density at radius 3 is 2.22 bits per heavy atom. The van der Waals surface area contributed by atoms with E-state index in [0.29, 0.717) is 24.6 Å². The van der Waals surface area contributed by atoms with Crippen LogP contribution in [0.1, 0.15) is 55.5 Å². The van der Waals surface area contributed by atoms with E-state index in [1.54, 1.807) is 0 Å². The van der Waals surface area contributed by atoms with Crippen molar-refractivity contribution < 1.29 is 14.3 Å². The van der Waals surface area contributed by atoms with Crippen LogP contribution in [0.15, 0.2) is 48.5 Å². The van der Waals surface area contributed by atoms with Gasteiger partial charge in [-0.05, 0) is 61.6 Å². The highest BCUT2D eigenvalue weighted by Gasteiger charge is 2.28. The first kappa shape index (κ1) is 23.6. The number of rotatable bonds is 7. The minimum absolute atomic E-state index is 0.00684. The fourth-order valence-electron chi connectivity index (χ4n) is 3.99. The summed E-state index contributed by atoms with van der Waals surface area (Å²) >= 11 is 0. The molecule has 1 saturated heterocycles. The second kappa shape index (κ2) is 10.5. The minimum Gasteiger partial charge on any atom is -0.481 e. The Bertz CT molecular complexity index is 916. The number of anilines is 1. The number of amides is 2. The van der Waals surface area contributed by atoms with Crippen LogP contribution in [0.25, 0.3) is 0 Å². The van der Waals surface area contributed by atoms with Crippen molar-refractivity contribution >= 4 is 17.5 Å². The quantitative estimate of drug-likeness (QED) is 0.710. The number of ether oxygens (including phenoxy) is 1. The number of carbonyl (C=O) groups is 2. The van der Waals surface area contributed by atoms with E-state index in [2.05, 4.69) is 19.2 Å². The van der Waals surface area contributed by atoms with Crippen molar-refractivity contribution in [1.29, 1.82) is 0 Å². The number of piperidine rings is 1. The highest BCUT2D eigenvalue weighted by molar-refractivity contribution is 5.94. The lowest BCUT2D eigenvalue weighted by Gasteiger charge is -2.34. The molecule has 6 nitrogen and oxygen atoms in total. The first-order valence-electron chi connectivity index (χ1n) is 11.4. The van der Waals surface area contributed by atoms with Crippen molar-refractivity contribution in [3.05, 3.63) is 59.7 Å². The van der Waals surface area contributed by atoms with Crippen molar-refractivity contribution in [2.45, 2.75) is 51.7 Å². The van der Waals surface area contributed by atoms with Gasteiger partial charge < -0.3 is 19.9 Å². The lowest BCUT2D eigenvalue weighted by molar-refractivity contribution is -0.139. The van der Waals surface area contributed by atoms with Crippen molar-refractivity contribution in [3.8, 4) is 5.75 Å². The second-order valence-corrected chi connectivity index (χ2v) is 8.97. The number of para-hydroxylation sites is 1. The number of hydrogen-bond donors (Lipinski definition) is 1. The molecule has 2 aromatic carbocycles. The van der Waals surface area contributed by atoms with Gasteiger partial charge in [-0.25, -0.2) is 0 Å². The predicted octanol–water partition coefficient (Wildman–Crippen LogP) is 4.06. The normalized spacial score (nSPS) is 15.4. The van der Waals surface area contributed by atoms with Crippen LogP contribution in [0.5, 0.6) is 5.75 Å². The van der Waals surface area contributed by atoms with E-state index in [1.165, 1.54) is 0 Å². The Morgan fingerprint density at radius 2 is 1.62 bits per heavy atom. The van der Waals surface area contributed by atoms with Gasteiger partial charge in [-0.1, -0.05) is 32.0 Å². The number of likely N-dealkylation sites (tertiary alicyclic amines) is 1. The molecule has 2 aromatic rings. The maximum absolute atomic E-state index is 12.9. The van der Waals surface area contributed by atoms with Gasteiger partial charge in [0.2, 0.25) is 0 Å². The van der Waals surface area contributed by atoms with Gasteiger partial charge in [-0.2, -0.15) is 0 Å². The number of nitrogens with zero attached hydrogens (tertiary/aromatic N) is 2. The summed E-state index contributed by atoms with van der Waals surface area (Å²) in [7, 11) is 3.94. The van der Waals surface area contributed by atoms with Crippen LogP contribution in [-0.2, 0) is 4.79 Å². The lowest BCUT2D eigenvalue weighted by atomic mass is 10.0. The van der Waals surface area contributed by atoms with E-state index in [4.69, 9.17) is 4.74 Å². The molecule has 0 radical (unpaired) electrons. The summed E-state index contributed by atoms with van der Waals surface area (Å²) in [4.78, 5) is 29.4. The molecule has 3 rings (SSSR count). The van der Waals surface area contributed by atoms with E-state index < -0.39 is 6.10 Å². The van der Waals surface area contributed by atoms with Crippen LogP contribution in [0.3, 0.4) is 0 Å². The van der Waals surface area contributed by atoms with Crippen LogP contribution < -0.4 is 15.0 Å². The molecule has 0 bridgehead atoms. The molecular weight excluding hydrogens is 402 g/mol. The molecule has 1 N–H and O–H groups in total. The Labute approximate surface area is 191 Å². The molecule has 0 aromatic heterocycles. The van der Waals surface area contributed by atoms with Gasteiger partial charge in [0, 0.05) is 44.5 Å². The van der Waals surface area contributed by atoms with Crippen LogP contribution in [-0.4, -0.2) is 56.0 Å². The molecular formula is C26H35N3O3. The average Bonchev–Trinajstić information content (AvgIpc) is 2.79. The van der Waals surface area contributed by atoms with Crippen molar-refractivity contribution in [1.82, 2.24) is 10.2 Å². The number of benzene rings is 2. The third kappa shape index (κ3) is 5.81. The molecule has 0 saturated carbocycles. The molecule has 1 heterocycles. The molecule has 1 aliphatic rings. The summed E-state index contributed by atoms with van der Waals surface area (Å²) in [5.41, 5.74) is 2.81. The summed E-state index contributed by atoms with van der Waals surface area (Å²) in [5.74, 6) is 1.02. The number of hydrogen-bond acceptors (Lipinski definition) is 4. The van der Waals surface area contributed by atoms with Gasteiger partial charge >= 0.3 is 0 Å². The van der Waals surface area contributed by atoms with Gasteiger partial charge in [0.1, 0.15) is 5.75 Å². The van der Waals surface area contributed by atoms with Crippen LogP contribution >= 0.6 is 0 Å². The summed E-state index contributed by atoms with van der Waals surface area (Å²) in [6.45, 7) is 7.27. The molecule has 172 valence electrons. The minimum atomic E-state index is -0.545. The van der Waals surface area contributed by atoms with E-state index in [9.17, 15) is 9.59 Å². The third-order valence-electron chi connectivity index (χ3n) is 5.98. The van der Waals surface area contributed by atoms with Crippen LogP contribution in [0.4, 0.5) is 5.69 Å². The molecule has 0 aliphatic carbocycles. The van der Waals surface area contributed by atoms with E-state index in [-0.39, 0.29) is 17.9 Å². The molecule has 2 amide bonds. The van der Waals surface area contributed by atoms with Crippen molar-refractivity contribution in [2.24, 2.45) is 0 Å². The van der Waals surface area contributed by atoms with Crippen LogP contribution in [0, 0.1) is 0 Å². The predicted molar refractivity (Wildman–Crippen MR) is 128 cm³/mol. The zero-order valence-electron chi connectivity index (χ0n) is 19.8. The van der Waals surface area contributed by atoms with Crippen molar-refractivity contribution in [2.75, 3.05) is 32.1 Å². The fourth-order valence-corrected chi connectivity index (χ4v) is 3.99. The molecule has 6 heteroatoms. The van der Waals surface area contributed by atoms with E-state index in [1.807, 2.05) is 79.3 Å². The Balaban J connectivity index is 1.50. The average molecular weight is 438 g/mol. The second-order valence-electron chi connectivity index (χ2n) is 8.97. The fraction of sp³-hybridized carbons (Fsp3) is 0.462. The Hall–Kier alpha value is -3.02. The molecule has 32 heavy (non-hydrogen) atoms. The van der Waals surface area contributed by atoms with Gasteiger partial charge in [0.25, 0.3) is 11.8 Å². The van der Waals surface area contributed by atoms with Gasteiger partial charge in [0.05, 0.1) is 0 Å². The maximum Gasteiger partial charge on any atom is 0.263 e. The SMILES string of the molecule is CC(Oc1ccccc1C(C)C)C(=O)N1CCC(NC(=O)c2ccc(N(C)C)cc2)CC1. The van der Waals surface area contributed by atoms with E-state index in [0.717, 1.165) is 29.8 Å². The zero-order chi connectivity index (χ0) is 23.3. The molecule has 1 atom stereocenters. The highest BCUT2D eigenvalue weighted by atomic mass is 16.5. The summed E-state index contributed by atoms with van der Waals surface area (Å²) < 4.78 is 6.03. The van der Waals surface area contributed by atoms with Crippen LogP contribution in [0.2, 0.25) is 0 Å². The summed E-state index contributed by atoms with van der Waals surface area (Å²) in [5, 5.41) is 3.11. The van der Waals surface area contributed by atoms with Gasteiger partial charge in [-0.3, -0.25) is 9.59 Å². The maximum atomic E-state index is 12.9. The summed E-state index contributed by atoms with van der Waals surface area (Å²) in [6.07, 6.45) is 0.932. The Kier molecular flexibility index (Phi) is 7.78. The molecule has 1 aliphatic heterocycles. The molecule has 0 spiro atoms. The van der Waals surface area contributed by atoms with Gasteiger partial charge in [-0.15, -0.1) is 0 Å². The topological polar surface area (TPSA) is 61.9 Å². The highest BCUT2D eigenvalue weighted by Crippen LogP contribution is 2.27. The number of nitrogens with one attached hydrogen (secondary N) is 1. The first-order valence-corrected chi connectivity index (χ1v) is 11.4. The Morgan fingerprint density at radius 1 is 1.00 bits per heavy atom. The van der Waals surface area contributed by atoms with Gasteiger partial charge in [0.15, 0.2) is 6.10 Å².